The normalized spacial score (nSPS) is 18.4. The summed E-state index contributed by atoms with van der Waals surface area (Å²) in [6, 6.07) is -1.02. The lowest BCUT2D eigenvalue weighted by molar-refractivity contribution is -0.305. The highest BCUT2D eigenvalue weighted by molar-refractivity contribution is 5.80. The lowest BCUT2D eigenvalue weighted by Gasteiger charge is -2.41. The topological polar surface area (TPSA) is 175 Å². The molecule has 8 atom stereocenters. The van der Waals surface area contributed by atoms with Crippen LogP contribution in [0.15, 0.2) is 36.5 Å². The smallest absolute Gasteiger partial charge is 0.306 e. The predicted molar refractivity (Wildman–Crippen MR) is 366 cm³/mol. The summed E-state index contributed by atoms with van der Waals surface area (Å²) in [6.07, 6.45) is 69.0. The third-order valence-corrected chi connectivity index (χ3v) is 18.0. The molecule has 1 heterocycles. The van der Waals surface area contributed by atoms with Crippen LogP contribution in [0.5, 0.6) is 0 Å². The Bertz CT molecular complexity index is 1560. The Labute approximate surface area is 536 Å². The van der Waals surface area contributed by atoms with Crippen LogP contribution in [0.25, 0.3) is 0 Å². The van der Waals surface area contributed by atoms with Crippen LogP contribution in [0.1, 0.15) is 374 Å². The summed E-state index contributed by atoms with van der Waals surface area (Å²) in [4.78, 5) is 26.7. The molecule has 1 amide bonds. The largest absolute Gasteiger partial charge is 0.454 e. The van der Waals surface area contributed by atoms with E-state index in [1.807, 2.05) is 6.08 Å². The van der Waals surface area contributed by atoms with Crippen molar-refractivity contribution < 1.29 is 49.3 Å². The van der Waals surface area contributed by atoms with Gasteiger partial charge in [0.1, 0.15) is 24.4 Å². The molecule has 0 radical (unpaired) electrons. The highest BCUT2D eigenvalue weighted by Gasteiger charge is 2.47. The molecule has 1 fully saturated rings. The highest BCUT2D eigenvalue weighted by atomic mass is 16.7. The van der Waals surface area contributed by atoms with Crippen LogP contribution in [0.4, 0.5) is 0 Å². The zero-order chi connectivity index (χ0) is 63.1. The van der Waals surface area contributed by atoms with Crippen molar-refractivity contribution in [3.8, 4) is 0 Å². The van der Waals surface area contributed by atoms with Gasteiger partial charge in [-0.3, -0.25) is 9.59 Å². The minimum Gasteiger partial charge on any atom is -0.454 e. The Morgan fingerprint density at radius 1 is 0.448 bits per heavy atom. The van der Waals surface area contributed by atoms with Gasteiger partial charge in [-0.2, -0.15) is 0 Å². The lowest BCUT2D eigenvalue weighted by atomic mass is 9.99. The maximum absolute atomic E-state index is 13.5. The zero-order valence-corrected chi connectivity index (χ0v) is 57.2. The van der Waals surface area contributed by atoms with Gasteiger partial charge in [0.05, 0.1) is 25.4 Å². The second-order valence-electron chi connectivity index (χ2n) is 26.4. The molecule has 1 aliphatic rings. The third kappa shape index (κ3) is 51.1. The number of rotatable bonds is 66. The Hall–Kier alpha value is -2.12. The molecule has 6 N–H and O–H groups in total. The van der Waals surface area contributed by atoms with Crippen LogP contribution >= 0.6 is 0 Å². The molecule has 87 heavy (non-hydrogen) atoms. The minimum absolute atomic E-state index is 0.130. The molecule has 0 aromatic heterocycles. The van der Waals surface area contributed by atoms with Crippen LogP contribution < -0.4 is 5.32 Å². The molecule has 8 unspecified atom stereocenters. The van der Waals surface area contributed by atoms with Crippen LogP contribution in [0.3, 0.4) is 0 Å². The molecular weight excluding hydrogens is 1090 g/mol. The van der Waals surface area contributed by atoms with Crippen molar-refractivity contribution in [2.45, 2.75) is 423 Å². The fourth-order valence-corrected chi connectivity index (χ4v) is 12.1. The summed E-state index contributed by atoms with van der Waals surface area (Å²) in [5, 5.41) is 57.4. The van der Waals surface area contributed by atoms with Gasteiger partial charge in [0.25, 0.3) is 0 Å². The van der Waals surface area contributed by atoms with Gasteiger partial charge < -0.3 is 45.1 Å². The number of esters is 1. The first-order valence-corrected chi connectivity index (χ1v) is 37.8. The summed E-state index contributed by atoms with van der Waals surface area (Å²) < 4.78 is 17.7. The molecule has 0 bridgehead atoms. The Morgan fingerprint density at radius 2 is 0.793 bits per heavy atom. The van der Waals surface area contributed by atoms with Crippen LogP contribution in [0, 0.1) is 0 Å². The SMILES string of the molecule is CCCCC/C=C\C/C=C\CCCCCCCCCCCCCCCCCCC(O)C(=O)NC(COC1OC(CO)C(O)C(O)C1OC(=O)CCCCCCCCCCCCCCCCCCCCC)C(O)/C=C/CCCCCCCCCCCCC. The first kappa shape index (κ1) is 82.9. The summed E-state index contributed by atoms with van der Waals surface area (Å²) in [7, 11) is 0. The number of hydrogen-bond acceptors (Lipinski definition) is 10. The molecule has 512 valence electrons. The average Bonchev–Trinajstić information content (AvgIpc) is 1.52. The molecule has 1 rings (SSSR count). The van der Waals surface area contributed by atoms with Crippen molar-refractivity contribution in [3.05, 3.63) is 36.5 Å². The second-order valence-corrected chi connectivity index (χ2v) is 26.4. The number of amides is 1. The van der Waals surface area contributed by atoms with Crippen LogP contribution in [-0.2, 0) is 23.8 Å². The Morgan fingerprint density at radius 3 is 1.20 bits per heavy atom. The Kier molecular flexibility index (Phi) is 61.0. The fourth-order valence-electron chi connectivity index (χ4n) is 12.1. The van der Waals surface area contributed by atoms with E-state index < -0.39 is 67.4 Å². The maximum atomic E-state index is 13.5. The molecule has 11 heteroatoms. The van der Waals surface area contributed by atoms with E-state index in [1.165, 1.54) is 263 Å². The van der Waals surface area contributed by atoms with Gasteiger partial charge in [0.2, 0.25) is 5.91 Å². The number of carbonyl (C=O) groups is 2. The average molecular weight is 1230 g/mol. The summed E-state index contributed by atoms with van der Waals surface area (Å²) in [5.41, 5.74) is 0. The summed E-state index contributed by atoms with van der Waals surface area (Å²) in [5.74, 6) is -1.17. The number of hydrogen-bond donors (Lipinski definition) is 6. The van der Waals surface area contributed by atoms with Gasteiger partial charge in [-0.15, -0.1) is 0 Å². The quantitative estimate of drug-likeness (QED) is 0.0195. The van der Waals surface area contributed by atoms with E-state index in [0.29, 0.717) is 19.3 Å². The fraction of sp³-hybridized carbons (Fsp3) is 0.895. The number of aliphatic hydroxyl groups excluding tert-OH is 5. The highest BCUT2D eigenvalue weighted by Crippen LogP contribution is 2.27. The van der Waals surface area contributed by atoms with E-state index >= 15 is 0 Å². The molecular formula is C76H143NO10. The lowest BCUT2D eigenvalue weighted by Crippen LogP contribution is -2.61. The first-order valence-electron chi connectivity index (χ1n) is 37.8. The summed E-state index contributed by atoms with van der Waals surface area (Å²) in [6.45, 7) is 5.84. The van der Waals surface area contributed by atoms with E-state index in [-0.39, 0.29) is 13.0 Å². The molecule has 0 aliphatic carbocycles. The van der Waals surface area contributed by atoms with Gasteiger partial charge in [-0.25, -0.2) is 0 Å². The van der Waals surface area contributed by atoms with Crippen molar-refractivity contribution in [3.63, 3.8) is 0 Å². The van der Waals surface area contributed by atoms with E-state index in [4.69, 9.17) is 14.2 Å². The zero-order valence-electron chi connectivity index (χ0n) is 57.2. The summed E-state index contributed by atoms with van der Waals surface area (Å²) >= 11 is 0. The first-order chi connectivity index (χ1) is 42.7. The van der Waals surface area contributed by atoms with Gasteiger partial charge in [-0.1, -0.05) is 346 Å². The molecule has 1 saturated heterocycles. The monoisotopic (exact) mass is 1230 g/mol. The van der Waals surface area contributed by atoms with Crippen molar-refractivity contribution in [1.82, 2.24) is 5.32 Å². The van der Waals surface area contributed by atoms with E-state index in [2.05, 4.69) is 50.4 Å². The third-order valence-electron chi connectivity index (χ3n) is 18.0. The molecule has 0 saturated carbocycles. The molecule has 11 nitrogen and oxygen atoms in total. The van der Waals surface area contributed by atoms with Crippen molar-refractivity contribution in [2.75, 3.05) is 13.2 Å². The molecule has 1 aliphatic heterocycles. The molecule has 0 aromatic rings. The standard InChI is InChI=1S/C76H143NO10/c1-4-7-10-13-16-19-22-25-27-29-31-32-33-34-35-36-37-39-40-42-45-48-51-54-57-60-63-69(80)75(84)77-67(68(79)62-59-56-53-50-47-44-24-21-18-15-12-9-6-3)66-85-76-74(73(83)72(82)70(65-78)86-76)87-71(81)64-61-58-55-52-49-46-43-41-38-30-28-26-23-20-17-14-11-8-5-2/h16,19,25,27,59,62,67-70,72-74,76,78-80,82-83H,4-15,17-18,20-24,26,28-58,60-61,63-66H2,1-3H3,(H,77,84)/b19-16-,27-25-,62-59+. The number of ether oxygens (including phenoxy) is 3. The second kappa shape index (κ2) is 64.0. The predicted octanol–water partition coefficient (Wildman–Crippen LogP) is 19.7. The van der Waals surface area contributed by atoms with Crippen LogP contribution in [-0.4, -0.2) is 99.6 Å². The van der Waals surface area contributed by atoms with Crippen LogP contribution in [0.2, 0.25) is 0 Å². The van der Waals surface area contributed by atoms with Crippen molar-refractivity contribution in [2.24, 2.45) is 0 Å². The van der Waals surface area contributed by atoms with E-state index in [1.54, 1.807) is 6.08 Å². The molecule has 0 spiro atoms. The van der Waals surface area contributed by atoms with Gasteiger partial charge in [0.15, 0.2) is 12.4 Å². The Balaban J connectivity index is 2.53. The molecule has 0 aromatic carbocycles. The number of carbonyl (C=O) groups excluding carboxylic acids is 2. The minimum atomic E-state index is -1.61. The van der Waals surface area contributed by atoms with Gasteiger partial charge in [-0.05, 0) is 57.8 Å². The van der Waals surface area contributed by atoms with Crippen molar-refractivity contribution in [1.29, 1.82) is 0 Å². The van der Waals surface area contributed by atoms with E-state index in [9.17, 15) is 35.1 Å². The maximum Gasteiger partial charge on any atom is 0.306 e. The van der Waals surface area contributed by atoms with E-state index in [0.717, 1.165) is 64.2 Å². The number of unbranched alkanes of at least 4 members (excludes halogenated alkanes) is 48. The van der Waals surface area contributed by atoms with Gasteiger partial charge in [0, 0.05) is 6.42 Å². The number of allylic oxidation sites excluding steroid dienone is 5. The number of aliphatic hydroxyl groups is 5. The van der Waals surface area contributed by atoms with Gasteiger partial charge >= 0.3 is 5.97 Å². The number of nitrogens with one attached hydrogen (secondary N) is 1. The van der Waals surface area contributed by atoms with Crippen molar-refractivity contribution >= 4 is 11.9 Å².